The molecular weight excluding hydrogens is 518 g/mol. The van der Waals surface area contributed by atoms with E-state index in [4.69, 9.17) is 29.4 Å². The molecule has 0 aliphatic rings. The monoisotopic (exact) mass is 565 g/mol. The maximum absolute atomic E-state index is 12.5. The zero-order chi connectivity index (χ0) is 30.5. The molecule has 0 bridgehead atoms. The second-order valence-electron chi connectivity index (χ2n) is 11.4. The summed E-state index contributed by atoms with van der Waals surface area (Å²) in [7, 11) is 0. The molecule has 0 spiro atoms. The first-order valence-electron chi connectivity index (χ1n) is 14.0. The van der Waals surface area contributed by atoms with E-state index in [1.807, 2.05) is 34.6 Å². The van der Waals surface area contributed by atoms with Crippen LogP contribution in [0.25, 0.3) is 0 Å². The van der Waals surface area contributed by atoms with E-state index in [1.165, 1.54) is 12.1 Å². The van der Waals surface area contributed by atoms with Gasteiger partial charge in [0.2, 0.25) is 0 Å². The maximum atomic E-state index is 12.5. The van der Waals surface area contributed by atoms with E-state index in [2.05, 4.69) is 0 Å². The Morgan fingerprint density at radius 2 is 1.43 bits per heavy atom. The summed E-state index contributed by atoms with van der Waals surface area (Å²) < 4.78 is 26.6. The van der Waals surface area contributed by atoms with Crippen LogP contribution in [0, 0.1) is 11.8 Å². The first-order chi connectivity index (χ1) is 18.6. The van der Waals surface area contributed by atoms with Gasteiger partial charge in [0.1, 0.15) is 24.4 Å². The summed E-state index contributed by atoms with van der Waals surface area (Å²) in [6, 6.07) is 3.65. The van der Waals surface area contributed by atoms with E-state index in [9.17, 15) is 19.2 Å². The largest absolute Gasteiger partial charge is 0.509 e. The molecule has 1 aromatic carbocycles. The van der Waals surface area contributed by atoms with Gasteiger partial charge in [0.25, 0.3) is 0 Å². The quantitative estimate of drug-likeness (QED) is 0.201. The zero-order valence-electron chi connectivity index (χ0n) is 25.2. The van der Waals surface area contributed by atoms with Crippen LogP contribution in [-0.4, -0.2) is 48.4 Å². The van der Waals surface area contributed by atoms with Gasteiger partial charge in [-0.25, -0.2) is 4.79 Å². The van der Waals surface area contributed by atoms with Crippen molar-refractivity contribution in [2.75, 3.05) is 6.61 Å². The van der Waals surface area contributed by atoms with Gasteiger partial charge in [-0.15, -0.1) is 0 Å². The standard InChI is InChI=1S/C30H47NO9/c1-9-30(7,8)40-29(35)37-21(6)18-36-28(34)23(31)16-22-12-13-24(38-26(32)14-10-19(2)3)25(17-22)39-27(33)15-11-20(4)5/h12-13,17,19-21,23H,9-11,14-16,18,31H2,1-8H3/t21-,23-/m0/s1. The topological polar surface area (TPSA) is 140 Å². The van der Waals surface area contributed by atoms with Crippen LogP contribution in [0.1, 0.15) is 93.1 Å². The highest BCUT2D eigenvalue weighted by atomic mass is 16.7. The minimum absolute atomic E-state index is 0.0684. The van der Waals surface area contributed by atoms with Crippen molar-refractivity contribution in [2.24, 2.45) is 17.6 Å². The number of rotatable bonds is 16. The predicted molar refractivity (Wildman–Crippen MR) is 150 cm³/mol. The van der Waals surface area contributed by atoms with E-state index < -0.39 is 41.8 Å². The molecule has 0 aliphatic heterocycles. The summed E-state index contributed by atoms with van der Waals surface area (Å²) in [5, 5.41) is 0. The smallest absolute Gasteiger partial charge is 0.461 e. The number of hydrogen-bond acceptors (Lipinski definition) is 10. The highest BCUT2D eigenvalue weighted by Gasteiger charge is 2.24. The number of carbonyl (C=O) groups excluding carboxylic acids is 4. The third-order valence-electron chi connectivity index (χ3n) is 6.03. The average Bonchev–Trinajstić information content (AvgIpc) is 2.85. The molecule has 0 heterocycles. The summed E-state index contributed by atoms with van der Waals surface area (Å²) in [6.07, 6.45) is 0.844. The number of ether oxygens (including phenoxy) is 5. The van der Waals surface area contributed by atoms with E-state index in [1.54, 1.807) is 26.8 Å². The van der Waals surface area contributed by atoms with Crippen LogP contribution in [0.4, 0.5) is 4.79 Å². The number of hydrogen-bond donors (Lipinski definition) is 1. The van der Waals surface area contributed by atoms with Crippen molar-refractivity contribution >= 4 is 24.1 Å². The van der Waals surface area contributed by atoms with Gasteiger partial charge in [-0.1, -0.05) is 40.7 Å². The summed E-state index contributed by atoms with van der Waals surface area (Å²) in [5.41, 5.74) is 5.97. The molecule has 0 unspecified atom stereocenters. The molecule has 10 nitrogen and oxygen atoms in total. The van der Waals surface area contributed by atoms with E-state index in [0.717, 1.165) is 0 Å². The fraction of sp³-hybridized carbons (Fsp3) is 0.667. The zero-order valence-corrected chi connectivity index (χ0v) is 25.2. The van der Waals surface area contributed by atoms with Crippen LogP contribution < -0.4 is 15.2 Å². The Morgan fingerprint density at radius 1 is 0.875 bits per heavy atom. The molecule has 0 saturated carbocycles. The molecular formula is C30H47NO9. The van der Waals surface area contributed by atoms with Crippen LogP contribution in [0.3, 0.4) is 0 Å². The Balaban J connectivity index is 2.83. The second-order valence-corrected chi connectivity index (χ2v) is 11.4. The lowest BCUT2D eigenvalue weighted by Gasteiger charge is -2.24. The van der Waals surface area contributed by atoms with Crippen molar-refractivity contribution in [2.45, 2.75) is 112 Å². The number of benzene rings is 1. The predicted octanol–water partition coefficient (Wildman–Crippen LogP) is 5.51. The van der Waals surface area contributed by atoms with Crippen LogP contribution in [0.5, 0.6) is 11.5 Å². The molecule has 226 valence electrons. The summed E-state index contributed by atoms with van der Waals surface area (Å²) in [6.45, 7) is 14.8. The van der Waals surface area contributed by atoms with E-state index in [-0.39, 0.29) is 37.4 Å². The van der Waals surface area contributed by atoms with Gasteiger partial charge in [0.15, 0.2) is 11.5 Å². The van der Waals surface area contributed by atoms with Crippen molar-refractivity contribution in [3.8, 4) is 11.5 Å². The Bertz CT molecular complexity index is 987. The molecule has 0 saturated heterocycles. The van der Waals surface area contributed by atoms with Crippen LogP contribution in [-0.2, 0) is 35.0 Å². The van der Waals surface area contributed by atoms with Gasteiger partial charge in [-0.2, -0.15) is 0 Å². The van der Waals surface area contributed by atoms with E-state index in [0.29, 0.717) is 36.7 Å². The molecule has 0 fully saturated rings. The maximum Gasteiger partial charge on any atom is 0.509 e. The molecule has 0 aliphatic carbocycles. The summed E-state index contributed by atoms with van der Waals surface area (Å²) in [4.78, 5) is 49.1. The molecule has 40 heavy (non-hydrogen) atoms. The Hall–Kier alpha value is -3.14. The lowest BCUT2D eigenvalue weighted by Crippen LogP contribution is -2.36. The molecule has 0 radical (unpaired) electrons. The molecule has 1 aromatic rings. The molecule has 1 rings (SSSR count). The summed E-state index contributed by atoms with van der Waals surface area (Å²) >= 11 is 0. The SMILES string of the molecule is CCC(C)(C)OC(=O)O[C@@H](C)COC(=O)[C@@H](N)Cc1ccc(OC(=O)CCC(C)C)c(OC(=O)CCC(C)C)c1. The lowest BCUT2D eigenvalue weighted by atomic mass is 10.1. The minimum Gasteiger partial charge on any atom is -0.461 e. The average molecular weight is 566 g/mol. The molecule has 0 amide bonds. The van der Waals surface area contributed by atoms with Crippen molar-refractivity contribution in [3.05, 3.63) is 23.8 Å². The second kappa shape index (κ2) is 16.8. The lowest BCUT2D eigenvalue weighted by molar-refractivity contribution is -0.148. The number of nitrogens with two attached hydrogens (primary N) is 1. The Morgan fingerprint density at radius 3 is 1.95 bits per heavy atom. The van der Waals surface area contributed by atoms with Gasteiger partial charge in [0.05, 0.1) is 0 Å². The Kier molecular flexibility index (Phi) is 14.7. The fourth-order valence-corrected chi connectivity index (χ4v) is 3.17. The summed E-state index contributed by atoms with van der Waals surface area (Å²) in [5.74, 6) is -0.726. The van der Waals surface area contributed by atoms with Gasteiger partial charge in [-0.3, -0.25) is 14.4 Å². The Labute approximate surface area is 238 Å². The third kappa shape index (κ3) is 14.3. The highest BCUT2D eigenvalue weighted by molar-refractivity contribution is 5.77. The van der Waals surface area contributed by atoms with Crippen molar-refractivity contribution in [1.29, 1.82) is 0 Å². The number of esters is 3. The van der Waals surface area contributed by atoms with Crippen LogP contribution in [0.2, 0.25) is 0 Å². The van der Waals surface area contributed by atoms with Crippen molar-refractivity contribution < 1.29 is 42.9 Å². The molecule has 10 heteroatoms. The van der Waals surface area contributed by atoms with Gasteiger partial charge >= 0.3 is 24.1 Å². The first kappa shape index (κ1) is 34.9. The third-order valence-corrected chi connectivity index (χ3v) is 6.03. The molecule has 2 N–H and O–H groups in total. The van der Waals surface area contributed by atoms with Gasteiger partial charge in [-0.05, 0) is 76.0 Å². The minimum atomic E-state index is -1.04. The van der Waals surface area contributed by atoms with Crippen LogP contribution >= 0.6 is 0 Å². The van der Waals surface area contributed by atoms with Crippen molar-refractivity contribution in [1.82, 2.24) is 0 Å². The fourth-order valence-electron chi connectivity index (χ4n) is 3.17. The van der Waals surface area contributed by atoms with Crippen molar-refractivity contribution in [3.63, 3.8) is 0 Å². The highest BCUT2D eigenvalue weighted by Crippen LogP contribution is 2.30. The van der Waals surface area contributed by atoms with Crippen LogP contribution in [0.15, 0.2) is 18.2 Å². The normalized spacial score (nSPS) is 13.0. The number of carbonyl (C=O) groups is 4. The van der Waals surface area contributed by atoms with Gasteiger partial charge < -0.3 is 29.4 Å². The molecule has 0 aromatic heterocycles. The first-order valence-corrected chi connectivity index (χ1v) is 14.0. The molecule has 2 atom stereocenters. The van der Waals surface area contributed by atoms with Gasteiger partial charge in [0, 0.05) is 12.8 Å². The van der Waals surface area contributed by atoms with E-state index >= 15 is 0 Å².